The second-order valence-electron chi connectivity index (χ2n) is 6.88. The Morgan fingerprint density at radius 1 is 1.00 bits per heavy atom. The van der Waals surface area contributed by atoms with Crippen LogP contribution in [0.25, 0.3) is 23.4 Å². The summed E-state index contributed by atoms with van der Waals surface area (Å²) in [6, 6.07) is 12.4. The van der Waals surface area contributed by atoms with Crippen molar-refractivity contribution in [3.63, 3.8) is 0 Å². The van der Waals surface area contributed by atoms with Crippen molar-refractivity contribution in [2.75, 3.05) is 26.1 Å². The van der Waals surface area contributed by atoms with Crippen molar-refractivity contribution in [3.8, 4) is 23.0 Å². The Morgan fingerprint density at radius 2 is 1.81 bits per heavy atom. The van der Waals surface area contributed by atoms with E-state index in [2.05, 4.69) is 62.8 Å². The number of methoxy groups -OCH3 is 2. The third-order valence-corrected chi connectivity index (χ3v) is 4.87. The van der Waals surface area contributed by atoms with Crippen LogP contribution < -0.4 is 25.4 Å². The summed E-state index contributed by atoms with van der Waals surface area (Å²) < 4.78 is 10.5. The van der Waals surface area contributed by atoms with Crippen LogP contribution in [-0.4, -0.2) is 35.7 Å². The number of fused-ring (bicyclic) bond motifs is 1. The fraction of sp³-hybridized carbons (Fsp3) is 0.269. The maximum Gasteiger partial charge on any atom is 0.318 e. The summed E-state index contributed by atoms with van der Waals surface area (Å²) in [5.74, 6) is 1.58. The number of ether oxygens (including phenoxy) is 2. The summed E-state index contributed by atoms with van der Waals surface area (Å²) in [4.78, 5) is 13.5. The number of aromatic nitrogens is 3. The molecular weight excluding hydrogens is 400 g/mol. The molecule has 0 unspecified atom stereocenters. The van der Waals surface area contributed by atoms with Crippen LogP contribution in [0, 0.1) is 0 Å². The molecule has 0 fully saturated rings. The van der Waals surface area contributed by atoms with Gasteiger partial charge in [0.05, 0.1) is 25.3 Å². The average Bonchev–Trinajstić information content (AvgIpc) is 3.10. The van der Waals surface area contributed by atoms with E-state index >= 15 is 0 Å². The lowest BCUT2D eigenvalue weighted by molar-refractivity contribution is 0.381. The van der Waals surface area contributed by atoms with Crippen LogP contribution in [0.2, 0.25) is 0 Å². The molecule has 1 aliphatic rings. The molecule has 0 spiro atoms. The molecule has 0 saturated carbocycles. The molecule has 6 heteroatoms. The first kappa shape index (κ1) is 23.0. The lowest BCUT2D eigenvalue weighted by Crippen LogP contribution is -2.27. The molecule has 0 aliphatic heterocycles. The molecule has 2 heterocycles. The largest absolute Gasteiger partial charge is 0.497 e. The number of rotatable bonds is 7. The first-order valence-electron chi connectivity index (χ1n) is 10.9. The maximum absolute atomic E-state index is 5.32. The second kappa shape index (κ2) is 11.6. The highest BCUT2D eigenvalue weighted by Gasteiger charge is 2.08. The van der Waals surface area contributed by atoms with Crippen LogP contribution in [0.5, 0.6) is 11.8 Å². The van der Waals surface area contributed by atoms with E-state index in [4.69, 9.17) is 9.47 Å². The van der Waals surface area contributed by atoms with Gasteiger partial charge in [0.2, 0.25) is 0 Å². The van der Waals surface area contributed by atoms with Crippen molar-refractivity contribution < 1.29 is 9.47 Å². The van der Waals surface area contributed by atoms with Crippen LogP contribution in [0.3, 0.4) is 0 Å². The van der Waals surface area contributed by atoms with Gasteiger partial charge in [0.15, 0.2) is 0 Å². The van der Waals surface area contributed by atoms with Crippen LogP contribution in [0.1, 0.15) is 25.8 Å². The number of hydrogen-bond donors (Lipinski definition) is 1. The third-order valence-electron chi connectivity index (χ3n) is 4.87. The van der Waals surface area contributed by atoms with E-state index in [0.717, 1.165) is 52.8 Å². The molecule has 6 nitrogen and oxygen atoms in total. The minimum absolute atomic E-state index is 0.324. The molecule has 0 saturated heterocycles. The molecule has 1 aliphatic carbocycles. The first-order valence-corrected chi connectivity index (χ1v) is 10.9. The van der Waals surface area contributed by atoms with Gasteiger partial charge in [0.25, 0.3) is 0 Å². The predicted molar refractivity (Wildman–Crippen MR) is 130 cm³/mol. The summed E-state index contributed by atoms with van der Waals surface area (Å²) in [5.41, 5.74) is 2.91. The van der Waals surface area contributed by atoms with Crippen molar-refractivity contribution in [3.05, 3.63) is 70.9 Å². The molecule has 0 bridgehead atoms. The molecule has 1 N–H and O–H groups in total. The Balaban J connectivity index is 0.00000141. The van der Waals surface area contributed by atoms with Crippen molar-refractivity contribution in [2.24, 2.45) is 0 Å². The van der Waals surface area contributed by atoms with Crippen LogP contribution in [-0.2, 0) is 6.42 Å². The van der Waals surface area contributed by atoms with Crippen molar-refractivity contribution in [1.29, 1.82) is 0 Å². The van der Waals surface area contributed by atoms with E-state index in [-0.39, 0.29) is 0 Å². The molecule has 1 aromatic carbocycles. The molecule has 3 aromatic rings. The molecule has 166 valence electrons. The van der Waals surface area contributed by atoms with E-state index in [0.29, 0.717) is 6.01 Å². The first-order chi connectivity index (χ1) is 15.7. The lowest BCUT2D eigenvalue weighted by atomic mass is 10.1. The topological polar surface area (TPSA) is 69.2 Å². The maximum atomic E-state index is 5.32. The molecule has 4 rings (SSSR count). The molecule has 32 heavy (non-hydrogen) atoms. The average molecular weight is 431 g/mol. The van der Waals surface area contributed by atoms with E-state index in [1.165, 1.54) is 5.56 Å². The van der Waals surface area contributed by atoms with Crippen molar-refractivity contribution >= 4 is 18.0 Å². The van der Waals surface area contributed by atoms with Gasteiger partial charge in [-0.15, -0.1) is 0 Å². The van der Waals surface area contributed by atoms with Crippen LogP contribution in [0.4, 0.5) is 5.82 Å². The highest BCUT2D eigenvalue weighted by molar-refractivity contribution is 5.63. The van der Waals surface area contributed by atoms with Gasteiger partial charge < -0.3 is 14.8 Å². The Kier molecular flexibility index (Phi) is 8.37. The molecule has 0 radical (unpaired) electrons. The lowest BCUT2D eigenvalue weighted by Gasteiger charge is -2.10. The Labute approximate surface area is 189 Å². The number of hydrogen-bond acceptors (Lipinski definition) is 6. The van der Waals surface area contributed by atoms with Gasteiger partial charge in [-0.2, -0.15) is 9.97 Å². The number of nitrogens with zero attached hydrogens (tertiary/aromatic N) is 3. The van der Waals surface area contributed by atoms with E-state index in [1.807, 2.05) is 38.2 Å². The quantitative estimate of drug-likeness (QED) is 0.616. The van der Waals surface area contributed by atoms with Crippen LogP contribution >= 0.6 is 0 Å². The van der Waals surface area contributed by atoms with Gasteiger partial charge in [0.1, 0.15) is 11.6 Å². The van der Waals surface area contributed by atoms with Crippen molar-refractivity contribution in [2.45, 2.75) is 26.7 Å². The minimum Gasteiger partial charge on any atom is -0.497 e. The number of nitrogens with one attached hydrogen (secondary N) is 1. The van der Waals surface area contributed by atoms with Crippen LogP contribution in [0.15, 0.2) is 54.7 Å². The summed E-state index contributed by atoms with van der Waals surface area (Å²) in [6.45, 7) is 4.74. The van der Waals surface area contributed by atoms with Gasteiger partial charge >= 0.3 is 6.01 Å². The number of anilines is 1. The van der Waals surface area contributed by atoms with Gasteiger partial charge in [0, 0.05) is 29.6 Å². The highest BCUT2D eigenvalue weighted by Crippen LogP contribution is 2.21. The Hall–Kier alpha value is -3.67. The highest BCUT2D eigenvalue weighted by atomic mass is 16.5. The van der Waals surface area contributed by atoms with E-state index in [1.54, 1.807) is 14.2 Å². The summed E-state index contributed by atoms with van der Waals surface area (Å²) in [5, 5.41) is 5.44. The number of benzene rings is 1. The molecule has 0 amide bonds. The normalized spacial score (nSPS) is 11.6. The zero-order valence-corrected chi connectivity index (χ0v) is 19.1. The van der Waals surface area contributed by atoms with Crippen molar-refractivity contribution in [1.82, 2.24) is 15.0 Å². The predicted octanol–water partition coefficient (Wildman–Crippen LogP) is 3.76. The van der Waals surface area contributed by atoms with E-state index < -0.39 is 0 Å². The Morgan fingerprint density at radius 3 is 2.56 bits per heavy atom. The fourth-order valence-corrected chi connectivity index (χ4v) is 3.25. The van der Waals surface area contributed by atoms with Gasteiger partial charge in [-0.25, -0.2) is 0 Å². The van der Waals surface area contributed by atoms with Gasteiger partial charge in [-0.05, 0) is 36.6 Å². The summed E-state index contributed by atoms with van der Waals surface area (Å²) >= 11 is 0. The minimum atomic E-state index is 0.324. The van der Waals surface area contributed by atoms with Gasteiger partial charge in [-0.1, -0.05) is 50.3 Å². The monoisotopic (exact) mass is 430 g/mol. The number of pyridine rings is 1. The SMILES string of the molecule is CC.COc1ccc(CCNc2cc(-c3cnc4c(c3)=CC=CCC=4)nc(OC)n2)cc1. The van der Waals surface area contributed by atoms with E-state index in [9.17, 15) is 0 Å². The summed E-state index contributed by atoms with van der Waals surface area (Å²) in [6.07, 6.45) is 12.0. The van der Waals surface area contributed by atoms with Gasteiger partial charge in [-0.3, -0.25) is 4.98 Å². The third kappa shape index (κ3) is 5.94. The fourth-order valence-electron chi connectivity index (χ4n) is 3.25. The Bertz CT molecular complexity index is 1170. The molecule has 2 aromatic heterocycles. The molecular formula is C26H30N4O2. The zero-order chi connectivity index (χ0) is 22.8. The summed E-state index contributed by atoms with van der Waals surface area (Å²) in [7, 11) is 3.24. The molecule has 0 atom stereocenters. The standard InChI is InChI=1S/C24H24N4O2.C2H6/c1-29-20-10-8-17(9-11-20)12-13-25-23-15-22(27-24(28-23)30-2)19-14-18-6-4-3-5-7-21(18)26-16-19;1-2/h3-4,6-11,14-16H,5,12-13H2,1-2H3,(H,25,27,28);1-2H3. The smallest absolute Gasteiger partial charge is 0.318 e. The number of allylic oxidation sites excluding steroid dienone is 2. The zero-order valence-electron chi connectivity index (χ0n) is 19.1. The second-order valence-corrected chi connectivity index (χ2v) is 6.88.